The Labute approximate surface area is 126 Å². The number of hydrogen-bond acceptors (Lipinski definition) is 7. The molecule has 2 rings (SSSR count). The van der Waals surface area contributed by atoms with Crippen molar-refractivity contribution in [1.82, 2.24) is 4.31 Å². The number of β-lactam (4-membered cyclic amide) rings is 1. The number of nitrogens with zero attached hydrogens (tertiary/aromatic N) is 1. The predicted molar refractivity (Wildman–Crippen MR) is 72.3 cm³/mol. The van der Waals surface area contributed by atoms with Crippen LogP contribution in [0.15, 0.2) is 30.3 Å². The van der Waals surface area contributed by atoms with E-state index in [0.29, 0.717) is 5.56 Å². The van der Waals surface area contributed by atoms with Gasteiger partial charge in [-0.25, -0.2) is 4.79 Å². The molecular formula is C12H14N2O7S. The van der Waals surface area contributed by atoms with E-state index in [1.54, 1.807) is 30.3 Å². The summed E-state index contributed by atoms with van der Waals surface area (Å²) in [4.78, 5) is 24.0. The molecule has 0 spiro atoms. The largest absolute Gasteiger partial charge is 0.458 e. The lowest BCUT2D eigenvalue weighted by molar-refractivity contribution is -0.204. The molecule has 1 aliphatic heterocycles. The van der Waals surface area contributed by atoms with E-state index in [-0.39, 0.29) is 10.9 Å². The van der Waals surface area contributed by atoms with E-state index in [4.69, 9.17) is 19.8 Å². The number of nitrogens with two attached hydrogens (primary N) is 1. The van der Waals surface area contributed by atoms with Crippen LogP contribution in [0.5, 0.6) is 0 Å². The zero-order valence-electron chi connectivity index (χ0n) is 11.5. The number of rotatable bonds is 5. The van der Waals surface area contributed by atoms with E-state index < -0.39 is 33.9 Å². The van der Waals surface area contributed by atoms with Crippen LogP contribution < -0.4 is 5.73 Å². The van der Waals surface area contributed by atoms with Crippen LogP contribution in [0.4, 0.5) is 0 Å². The van der Waals surface area contributed by atoms with Crippen molar-refractivity contribution in [1.29, 1.82) is 0 Å². The fourth-order valence-corrected chi connectivity index (χ4v) is 2.87. The van der Waals surface area contributed by atoms with Gasteiger partial charge in [0.25, 0.3) is 11.5 Å². The summed E-state index contributed by atoms with van der Waals surface area (Å²) < 4.78 is 40.6. The smallest absolute Gasteiger partial charge is 0.363 e. The Morgan fingerprint density at radius 2 is 2.00 bits per heavy atom. The Morgan fingerprint density at radius 1 is 1.41 bits per heavy atom. The molecule has 0 aliphatic carbocycles. The quantitative estimate of drug-likeness (QED) is 0.305. The summed E-state index contributed by atoms with van der Waals surface area (Å²) in [6.45, 7) is -0.142. The number of ether oxygens (including phenoxy) is 2. The highest BCUT2D eigenvalue weighted by molar-refractivity contribution is 7.84. The zero-order valence-corrected chi connectivity index (χ0v) is 12.3. The molecule has 1 aromatic carbocycles. The average molecular weight is 330 g/mol. The van der Waals surface area contributed by atoms with Gasteiger partial charge in [-0.05, 0) is 5.56 Å². The molecule has 1 amide bonds. The first-order valence-corrected chi connectivity index (χ1v) is 7.48. The molecule has 1 aromatic rings. The lowest BCUT2D eigenvalue weighted by atomic mass is 9.91. The SMILES string of the molecule is COC1(C(=O)OCc2ccccc2)C(=O)N(S(=O)(=O)O)C1N. The van der Waals surface area contributed by atoms with Gasteiger partial charge in [0.15, 0.2) is 0 Å². The van der Waals surface area contributed by atoms with Crippen LogP contribution in [0.1, 0.15) is 5.56 Å². The monoisotopic (exact) mass is 330 g/mol. The lowest BCUT2D eigenvalue weighted by Gasteiger charge is -2.47. The molecule has 0 saturated carbocycles. The molecule has 0 bridgehead atoms. The van der Waals surface area contributed by atoms with E-state index in [1.165, 1.54) is 0 Å². The second-order valence-corrected chi connectivity index (χ2v) is 5.81. The van der Waals surface area contributed by atoms with Crippen molar-refractivity contribution < 1.29 is 32.0 Å². The Kier molecular flexibility index (Phi) is 4.20. The van der Waals surface area contributed by atoms with Crippen LogP contribution in [0.25, 0.3) is 0 Å². The van der Waals surface area contributed by atoms with Crippen LogP contribution in [0.2, 0.25) is 0 Å². The van der Waals surface area contributed by atoms with Crippen molar-refractivity contribution in [2.45, 2.75) is 18.4 Å². The molecule has 22 heavy (non-hydrogen) atoms. The lowest BCUT2D eigenvalue weighted by Crippen LogP contribution is -2.82. The normalized spacial score (nSPS) is 24.8. The Bertz CT molecular complexity index is 691. The van der Waals surface area contributed by atoms with Crippen molar-refractivity contribution in [2.24, 2.45) is 5.73 Å². The second kappa shape index (κ2) is 5.65. The Hall–Kier alpha value is -2.01. The fraction of sp³-hybridized carbons (Fsp3) is 0.333. The van der Waals surface area contributed by atoms with Crippen LogP contribution in [0.3, 0.4) is 0 Å². The molecule has 0 aromatic heterocycles. The number of esters is 1. The maximum absolute atomic E-state index is 12.1. The summed E-state index contributed by atoms with van der Waals surface area (Å²) in [5.41, 5.74) is 3.87. The number of methoxy groups -OCH3 is 1. The van der Waals surface area contributed by atoms with Gasteiger partial charge in [0.2, 0.25) is 0 Å². The van der Waals surface area contributed by atoms with E-state index >= 15 is 0 Å². The predicted octanol–water partition coefficient (Wildman–Crippen LogP) is -0.955. The third kappa shape index (κ3) is 2.46. The zero-order chi connectivity index (χ0) is 16.5. The second-order valence-electron chi connectivity index (χ2n) is 4.53. The molecule has 2 unspecified atom stereocenters. The summed E-state index contributed by atoms with van der Waals surface area (Å²) >= 11 is 0. The van der Waals surface area contributed by atoms with Crippen LogP contribution in [-0.2, 0) is 36.0 Å². The number of benzene rings is 1. The number of hydrogen-bond donors (Lipinski definition) is 2. The van der Waals surface area contributed by atoms with Crippen LogP contribution >= 0.6 is 0 Å². The molecule has 0 radical (unpaired) electrons. The molecular weight excluding hydrogens is 316 g/mol. The third-order valence-electron chi connectivity index (χ3n) is 3.27. The molecule has 9 nitrogen and oxygen atoms in total. The highest BCUT2D eigenvalue weighted by Crippen LogP contribution is 2.34. The van der Waals surface area contributed by atoms with Gasteiger partial charge >= 0.3 is 16.3 Å². The van der Waals surface area contributed by atoms with Crippen LogP contribution in [0, 0.1) is 0 Å². The summed E-state index contributed by atoms with van der Waals surface area (Å²) in [7, 11) is -3.86. The molecule has 2 atom stereocenters. The summed E-state index contributed by atoms with van der Waals surface area (Å²) in [6.07, 6.45) is -1.71. The van der Waals surface area contributed by atoms with Gasteiger partial charge in [-0.1, -0.05) is 30.3 Å². The highest BCUT2D eigenvalue weighted by atomic mass is 32.2. The van der Waals surface area contributed by atoms with Crippen molar-refractivity contribution in [3.63, 3.8) is 0 Å². The Balaban J connectivity index is 2.15. The number of carbonyl (C=O) groups is 2. The molecule has 10 heteroatoms. The molecule has 1 aliphatic rings. The standard InChI is InChI=1S/C12H14N2O7S/c1-20-12(9(13)14(10(12)15)22(17,18)19)11(16)21-7-8-5-3-2-4-6-8/h2-6,9H,7,13H2,1H3,(H,17,18,19). The first-order chi connectivity index (χ1) is 10.2. The van der Waals surface area contributed by atoms with Crippen molar-refractivity contribution in [3.05, 3.63) is 35.9 Å². The topological polar surface area (TPSA) is 136 Å². The number of carbonyl (C=O) groups excluding carboxylic acids is 2. The Morgan fingerprint density at radius 3 is 2.45 bits per heavy atom. The van der Waals surface area contributed by atoms with Gasteiger partial charge in [0.1, 0.15) is 12.8 Å². The molecule has 120 valence electrons. The minimum Gasteiger partial charge on any atom is -0.458 e. The fourth-order valence-electron chi connectivity index (χ4n) is 2.09. The minimum absolute atomic E-state index is 0.0414. The van der Waals surface area contributed by atoms with Gasteiger partial charge in [0, 0.05) is 7.11 Å². The van der Waals surface area contributed by atoms with Gasteiger partial charge in [-0.3, -0.25) is 9.35 Å². The van der Waals surface area contributed by atoms with Gasteiger partial charge in [-0.2, -0.15) is 12.7 Å². The van der Waals surface area contributed by atoms with E-state index in [9.17, 15) is 18.0 Å². The summed E-state index contributed by atoms with van der Waals surface area (Å²) in [6, 6.07) is 8.63. The minimum atomic E-state index is -4.88. The van der Waals surface area contributed by atoms with Gasteiger partial charge in [0.05, 0.1) is 0 Å². The van der Waals surface area contributed by atoms with Gasteiger partial charge in [-0.15, -0.1) is 0 Å². The maximum Gasteiger partial charge on any atom is 0.363 e. The molecule has 1 heterocycles. The summed E-state index contributed by atoms with van der Waals surface area (Å²) in [5, 5.41) is 0. The highest BCUT2D eigenvalue weighted by Gasteiger charge is 2.70. The average Bonchev–Trinajstić information content (AvgIpc) is 2.46. The van der Waals surface area contributed by atoms with Crippen molar-refractivity contribution in [3.8, 4) is 0 Å². The first kappa shape index (κ1) is 16.4. The molecule has 3 N–H and O–H groups in total. The first-order valence-electron chi connectivity index (χ1n) is 6.08. The van der Waals surface area contributed by atoms with E-state index in [0.717, 1.165) is 7.11 Å². The molecule has 1 fully saturated rings. The van der Waals surface area contributed by atoms with E-state index in [2.05, 4.69) is 0 Å². The van der Waals surface area contributed by atoms with E-state index in [1.807, 2.05) is 0 Å². The van der Waals surface area contributed by atoms with Gasteiger partial charge < -0.3 is 15.2 Å². The number of amides is 1. The van der Waals surface area contributed by atoms with Crippen molar-refractivity contribution >= 4 is 22.2 Å². The van der Waals surface area contributed by atoms with Crippen LogP contribution in [-0.4, -0.2) is 48.0 Å². The van der Waals surface area contributed by atoms with Crippen molar-refractivity contribution in [2.75, 3.05) is 7.11 Å². The molecule has 1 saturated heterocycles. The third-order valence-corrected chi connectivity index (χ3v) is 4.16. The maximum atomic E-state index is 12.1. The summed E-state index contributed by atoms with van der Waals surface area (Å²) in [5.74, 6) is -2.43.